The van der Waals surface area contributed by atoms with Crippen LogP contribution in [0.5, 0.6) is 0 Å². The standard InChI is InChI=1S/C18H16N2O2S/c21-17-16(23-18(22)19-17)11-12-5-4-8-15-14(12)9-10-20(15)13-6-2-1-3-7-13/h2,4-6,8-11,13H,1,3,7H2,(H,19,21,22)/b16-11-. The number of carbonyl (C=O) groups is 2. The highest BCUT2D eigenvalue weighted by Gasteiger charge is 2.25. The van der Waals surface area contributed by atoms with Crippen LogP contribution in [0.25, 0.3) is 17.0 Å². The maximum Gasteiger partial charge on any atom is 0.290 e. The molecule has 4 nitrogen and oxygen atoms in total. The second-order valence-electron chi connectivity index (χ2n) is 5.78. The number of aromatic nitrogens is 1. The van der Waals surface area contributed by atoms with Gasteiger partial charge >= 0.3 is 0 Å². The maximum absolute atomic E-state index is 11.7. The van der Waals surface area contributed by atoms with Crippen LogP contribution in [0.3, 0.4) is 0 Å². The van der Waals surface area contributed by atoms with E-state index in [1.54, 1.807) is 6.08 Å². The van der Waals surface area contributed by atoms with Crippen molar-refractivity contribution in [1.82, 2.24) is 9.88 Å². The molecule has 1 unspecified atom stereocenters. The fourth-order valence-corrected chi connectivity index (χ4v) is 3.89. The van der Waals surface area contributed by atoms with Crippen LogP contribution in [0.15, 0.2) is 47.5 Å². The summed E-state index contributed by atoms with van der Waals surface area (Å²) >= 11 is 0.955. The summed E-state index contributed by atoms with van der Waals surface area (Å²) in [6.07, 6.45) is 12.0. The Morgan fingerprint density at radius 3 is 2.91 bits per heavy atom. The van der Waals surface area contributed by atoms with Crippen LogP contribution in [0.4, 0.5) is 4.79 Å². The number of fused-ring (bicyclic) bond motifs is 1. The molecule has 2 aromatic rings. The predicted molar refractivity (Wildman–Crippen MR) is 93.1 cm³/mol. The molecule has 1 saturated heterocycles. The molecule has 0 saturated carbocycles. The van der Waals surface area contributed by atoms with Crippen molar-refractivity contribution in [3.63, 3.8) is 0 Å². The number of hydrogen-bond acceptors (Lipinski definition) is 3. The second-order valence-corrected chi connectivity index (χ2v) is 6.80. The molecule has 2 amide bonds. The van der Waals surface area contributed by atoms with Crippen LogP contribution >= 0.6 is 11.8 Å². The molecule has 5 heteroatoms. The first-order valence-electron chi connectivity index (χ1n) is 7.73. The van der Waals surface area contributed by atoms with E-state index in [4.69, 9.17) is 0 Å². The van der Waals surface area contributed by atoms with Gasteiger partial charge in [-0.15, -0.1) is 0 Å². The van der Waals surface area contributed by atoms with Crippen LogP contribution in [-0.2, 0) is 4.79 Å². The van der Waals surface area contributed by atoms with Gasteiger partial charge in [-0.1, -0.05) is 24.3 Å². The molecule has 1 aromatic carbocycles. The fraction of sp³-hybridized carbons (Fsp3) is 0.222. The van der Waals surface area contributed by atoms with Crippen molar-refractivity contribution in [1.29, 1.82) is 0 Å². The lowest BCUT2D eigenvalue weighted by atomic mass is 10.0. The normalized spacial score (nSPS) is 23.0. The number of rotatable bonds is 2. The summed E-state index contributed by atoms with van der Waals surface area (Å²) in [6.45, 7) is 0. The highest BCUT2D eigenvalue weighted by molar-refractivity contribution is 8.18. The molecular weight excluding hydrogens is 308 g/mol. The van der Waals surface area contributed by atoms with Crippen molar-refractivity contribution in [3.8, 4) is 0 Å². The van der Waals surface area contributed by atoms with E-state index >= 15 is 0 Å². The van der Waals surface area contributed by atoms with Gasteiger partial charge in [-0.3, -0.25) is 14.9 Å². The number of thioether (sulfide) groups is 1. The third kappa shape index (κ3) is 2.61. The van der Waals surface area contributed by atoms with Crippen molar-refractivity contribution in [2.75, 3.05) is 0 Å². The molecular formula is C18H16N2O2S. The number of imide groups is 1. The smallest absolute Gasteiger partial charge is 0.290 e. The van der Waals surface area contributed by atoms with Gasteiger partial charge in [0.15, 0.2) is 0 Å². The number of amides is 2. The lowest BCUT2D eigenvalue weighted by molar-refractivity contribution is -0.115. The van der Waals surface area contributed by atoms with Gasteiger partial charge in [0.25, 0.3) is 11.1 Å². The Balaban J connectivity index is 1.77. The molecule has 0 bridgehead atoms. The number of benzene rings is 1. The van der Waals surface area contributed by atoms with Crippen LogP contribution < -0.4 is 5.32 Å². The largest absolute Gasteiger partial charge is 0.341 e. The Labute approximate surface area is 138 Å². The molecule has 116 valence electrons. The van der Waals surface area contributed by atoms with Gasteiger partial charge < -0.3 is 4.57 Å². The predicted octanol–water partition coefficient (Wildman–Crippen LogP) is 4.25. The monoisotopic (exact) mass is 324 g/mol. The van der Waals surface area contributed by atoms with Crippen LogP contribution in [0, 0.1) is 0 Å². The van der Waals surface area contributed by atoms with Crippen LogP contribution in [-0.4, -0.2) is 15.7 Å². The van der Waals surface area contributed by atoms with Gasteiger partial charge in [0.05, 0.1) is 10.9 Å². The first-order valence-corrected chi connectivity index (χ1v) is 8.55. The molecule has 1 aromatic heterocycles. The van der Waals surface area contributed by atoms with E-state index in [0.29, 0.717) is 10.9 Å². The number of carbonyl (C=O) groups excluding carboxylic acids is 2. The average Bonchev–Trinajstić information content (AvgIpc) is 3.12. The highest BCUT2D eigenvalue weighted by Crippen LogP contribution is 2.32. The SMILES string of the molecule is O=C1NC(=O)/C(=C/c2cccc3c2ccn3C2C=CCCC2)S1. The molecule has 23 heavy (non-hydrogen) atoms. The third-order valence-electron chi connectivity index (χ3n) is 4.31. The van der Waals surface area contributed by atoms with E-state index in [0.717, 1.165) is 41.1 Å². The zero-order valence-corrected chi connectivity index (χ0v) is 13.3. The minimum atomic E-state index is -0.313. The molecule has 0 radical (unpaired) electrons. The van der Waals surface area contributed by atoms with Crippen LogP contribution in [0.1, 0.15) is 30.9 Å². The summed E-state index contributed by atoms with van der Waals surface area (Å²) in [4.78, 5) is 23.5. The highest BCUT2D eigenvalue weighted by atomic mass is 32.2. The summed E-state index contributed by atoms with van der Waals surface area (Å²) in [5.41, 5.74) is 2.12. The van der Waals surface area contributed by atoms with E-state index in [1.807, 2.05) is 12.1 Å². The first-order chi connectivity index (χ1) is 11.2. The molecule has 1 atom stereocenters. The minimum absolute atomic E-state index is 0.307. The molecule has 0 spiro atoms. The van der Waals surface area contributed by atoms with E-state index in [1.165, 1.54) is 6.42 Å². The summed E-state index contributed by atoms with van der Waals surface area (Å²) in [7, 11) is 0. The van der Waals surface area contributed by atoms with E-state index < -0.39 is 0 Å². The van der Waals surface area contributed by atoms with Crippen LogP contribution in [0.2, 0.25) is 0 Å². The van der Waals surface area contributed by atoms with Crippen molar-refractivity contribution < 1.29 is 9.59 Å². The lowest BCUT2D eigenvalue weighted by Gasteiger charge is -2.19. The van der Waals surface area contributed by atoms with Gasteiger partial charge in [-0.2, -0.15) is 0 Å². The number of hydrogen-bond donors (Lipinski definition) is 1. The molecule has 1 fully saturated rings. The van der Waals surface area contributed by atoms with E-state index in [-0.39, 0.29) is 11.1 Å². The Morgan fingerprint density at radius 2 is 2.17 bits per heavy atom. The van der Waals surface area contributed by atoms with Gasteiger partial charge in [-0.05, 0) is 54.8 Å². The van der Waals surface area contributed by atoms with Gasteiger partial charge in [0.1, 0.15) is 0 Å². The molecule has 2 heterocycles. The van der Waals surface area contributed by atoms with Crippen molar-refractivity contribution in [2.45, 2.75) is 25.3 Å². The number of allylic oxidation sites excluding steroid dienone is 2. The third-order valence-corrected chi connectivity index (χ3v) is 5.12. The Hall–Kier alpha value is -2.27. The van der Waals surface area contributed by atoms with Gasteiger partial charge in [0, 0.05) is 17.1 Å². The lowest BCUT2D eigenvalue weighted by Crippen LogP contribution is -2.17. The van der Waals surface area contributed by atoms with Gasteiger partial charge in [-0.25, -0.2) is 0 Å². The van der Waals surface area contributed by atoms with Crippen molar-refractivity contribution in [3.05, 3.63) is 53.1 Å². The molecule has 1 aliphatic carbocycles. The molecule has 1 N–H and O–H groups in total. The molecule has 2 aliphatic rings. The van der Waals surface area contributed by atoms with E-state index in [9.17, 15) is 9.59 Å². The number of nitrogens with one attached hydrogen (secondary N) is 1. The molecule has 1 aliphatic heterocycles. The minimum Gasteiger partial charge on any atom is -0.341 e. The van der Waals surface area contributed by atoms with E-state index in [2.05, 4.69) is 40.4 Å². The van der Waals surface area contributed by atoms with Gasteiger partial charge in [0.2, 0.25) is 0 Å². The Bertz CT molecular complexity index is 863. The summed E-state index contributed by atoms with van der Waals surface area (Å²) in [5.74, 6) is -0.313. The number of nitrogens with zero attached hydrogens (tertiary/aromatic N) is 1. The van der Waals surface area contributed by atoms with Crippen molar-refractivity contribution in [2.24, 2.45) is 0 Å². The maximum atomic E-state index is 11.7. The summed E-state index contributed by atoms with van der Waals surface area (Å²) in [5, 5.41) is 3.09. The molecule has 4 rings (SSSR count). The zero-order chi connectivity index (χ0) is 15.8. The zero-order valence-electron chi connectivity index (χ0n) is 12.5. The van der Waals surface area contributed by atoms with Crippen molar-refractivity contribution >= 4 is 39.9 Å². The first kappa shape index (κ1) is 14.3. The summed E-state index contributed by atoms with van der Waals surface area (Å²) < 4.78 is 2.29. The summed E-state index contributed by atoms with van der Waals surface area (Å²) in [6, 6.07) is 8.57. The second kappa shape index (κ2) is 5.74. The fourth-order valence-electron chi connectivity index (χ4n) is 3.22. The topological polar surface area (TPSA) is 51.1 Å². The Kier molecular flexibility index (Phi) is 3.58. The quantitative estimate of drug-likeness (QED) is 0.664. The average molecular weight is 324 g/mol. The Morgan fingerprint density at radius 1 is 1.26 bits per heavy atom.